The summed E-state index contributed by atoms with van der Waals surface area (Å²) < 4.78 is 0. The Morgan fingerprint density at radius 2 is 1.83 bits per heavy atom. The van der Waals surface area contributed by atoms with Crippen LogP contribution < -0.4 is 5.32 Å². The summed E-state index contributed by atoms with van der Waals surface area (Å²) in [5.41, 5.74) is 1.98. The molecule has 6 heteroatoms. The molecule has 0 aliphatic heterocycles. The van der Waals surface area contributed by atoms with Gasteiger partial charge in [0, 0.05) is 28.7 Å². The predicted molar refractivity (Wildman–Crippen MR) is 95.3 cm³/mol. The summed E-state index contributed by atoms with van der Waals surface area (Å²) in [5, 5.41) is 4.29. The molecule has 0 saturated heterocycles. The van der Waals surface area contributed by atoms with Crippen molar-refractivity contribution in [2.24, 2.45) is 0 Å². The number of carbonyl (C=O) groups excluding carboxylic acids is 2. The number of nitrogens with zero attached hydrogens (tertiary/aromatic N) is 1. The van der Waals surface area contributed by atoms with Crippen molar-refractivity contribution in [1.82, 2.24) is 9.88 Å². The van der Waals surface area contributed by atoms with E-state index in [9.17, 15) is 9.59 Å². The van der Waals surface area contributed by atoms with Crippen LogP contribution in [0.3, 0.4) is 0 Å². The number of H-pyrrole nitrogens is 1. The molecule has 5 nitrogen and oxygen atoms in total. The molecular weight excluding hydrogens is 326 g/mol. The standard InChI is InChI=1S/C18H16ClN3O2/c1-22(11-17(23)20-14-8-6-13(19)7-9-14)18(24)16-10-12-4-2-3-5-15(12)21-16/h2-10,21H,11H2,1H3,(H,20,23). The van der Waals surface area contributed by atoms with E-state index in [1.807, 2.05) is 24.3 Å². The normalized spacial score (nSPS) is 10.6. The highest BCUT2D eigenvalue weighted by molar-refractivity contribution is 6.30. The molecule has 0 radical (unpaired) electrons. The highest BCUT2D eigenvalue weighted by atomic mass is 35.5. The Labute approximate surface area is 144 Å². The van der Waals surface area contributed by atoms with Crippen molar-refractivity contribution in [2.45, 2.75) is 0 Å². The van der Waals surface area contributed by atoms with Gasteiger partial charge in [-0.1, -0.05) is 29.8 Å². The highest BCUT2D eigenvalue weighted by Crippen LogP contribution is 2.16. The summed E-state index contributed by atoms with van der Waals surface area (Å²) in [6, 6.07) is 16.2. The monoisotopic (exact) mass is 341 g/mol. The maximum atomic E-state index is 12.4. The number of aromatic nitrogens is 1. The van der Waals surface area contributed by atoms with Crippen molar-refractivity contribution >= 4 is 40.0 Å². The Hall–Kier alpha value is -2.79. The molecule has 2 amide bonds. The van der Waals surface area contributed by atoms with Crippen molar-refractivity contribution < 1.29 is 9.59 Å². The minimum absolute atomic E-state index is 0.0448. The van der Waals surface area contributed by atoms with Crippen molar-refractivity contribution in [1.29, 1.82) is 0 Å². The number of halogens is 1. The lowest BCUT2D eigenvalue weighted by atomic mass is 10.2. The molecule has 3 aromatic rings. The molecule has 3 rings (SSSR count). The lowest BCUT2D eigenvalue weighted by molar-refractivity contribution is -0.116. The van der Waals surface area contributed by atoms with E-state index in [1.54, 1.807) is 37.4 Å². The first-order valence-electron chi connectivity index (χ1n) is 7.41. The summed E-state index contributed by atoms with van der Waals surface area (Å²) in [4.78, 5) is 29.0. The predicted octanol–water partition coefficient (Wildman–Crippen LogP) is 3.53. The first-order chi connectivity index (χ1) is 11.5. The molecule has 1 aromatic heterocycles. The average molecular weight is 342 g/mol. The van der Waals surface area contributed by atoms with Crippen LogP contribution in [0.4, 0.5) is 5.69 Å². The van der Waals surface area contributed by atoms with Gasteiger partial charge in [0.1, 0.15) is 5.69 Å². The van der Waals surface area contributed by atoms with Crippen LogP contribution in [0.1, 0.15) is 10.5 Å². The lowest BCUT2D eigenvalue weighted by Gasteiger charge is -2.16. The van der Waals surface area contributed by atoms with Gasteiger partial charge in [-0.05, 0) is 36.4 Å². The maximum Gasteiger partial charge on any atom is 0.270 e. The van der Waals surface area contributed by atoms with Gasteiger partial charge in [0.2, 0.25) is 5.91 Å². The third-order valence-corrected chi connectivity index (χ3v) is 3.87. The zero-order valence-corrected chi connectivity index (χ0v) is 13.8. The number of hydrogen-bond acceptors (Lipinski definition) is 2. The topological polar surface area (TPSA) is 65.2 Å². The van der Waals surface area contributed by atoms with Crippen molar-refractivity contribution in [3.8, 4) is 0 Å². The number of likely N-dealkylation sites (N-methyl/N-ethyl adjacent to an activating group) is 1. The number of nitrogens with one attached hydrogen (secondary N) is 2. The number of para-hydroxylation sites is 1. The van der Waals surface area contributed by atoms with Gasteiger partial charge in [-0.2, -0.15) is 0 Å². The van der Waals surface area contributed by atoms with Gasteiger partial charge in [-0.15, -0.1) is 0 Å². The number of rotatable bonds is 4. The maximum absolute atomic E-state index is 12.4. The zero-order chi connectivity index (χ0) is 17.1. The minimum atomic E-state index is -0.274. The van der Waals surface area contributed by atoms with Gasteiger partial charge in [0.05, 0.1) is 6.54 Å². The fourth-order valence-corrected chi connectivity index (χ4v) is 2.54. The van der Waals surface area contributed by atoms with E-state index >= 15 is 0 Å². The molecule has 0 spiro atoms. The van der Waals surface area contributed by atoms with Crippen LogP contribution in [0.15, 0.2) is 54.6 Å². The van der Waals surface area contributed by atoms with Crippen LogP contribution in [-0.4, -0.2) is 35.3 Å². The molecule has 0 aliphatic carbocycles. The third-order valence-electron chi connectivity index (χ3n) is 3.62. The van der Waals surface area contributed by atoms with E-state index < -0.39 is 0 Å². The van der Waals surface area contributed by atoms with Crippen molar-refractivity contribution in [3.05, 3.63) is 65.3 Å². The largest absolute Gasteiger partial charge is 0.351 e. The van der Waals surface area contributed by atoms with Crippen LogP contribution in [0.2, 0.25) is 5.02 Å². The fraction of sp³-hybridized carbons (Fsp3) is 0.111. The first kappa shape index (κ1) is 16.1. The van der Waals surface area contributed by atoms with Crippen molar-refractivity contribution in [3.63, 3.8) is 0 Å². The van der Waals surface area contributed by atoms with E-state index in [0.717, 1.165) is 10.9 Å². The third kappa shape index (κ3) is 3.58. The molecular formula is C18H16ClN3O2. The SMILES string of the molecule is CN(CC(=O)Nc1ccc(Cl)cc1)C(=O)c1cc2ccccc2[nH]1. The zero-order valence-electron chi connectivity index (χ0n) is 13.0. The van der Waals surface area contributed by atoms with Gasteiger partial charge in [0.25, 0.3) is 5.91 Å². The smallest absolute Gasteiger partial charge is 0.270 e. The van der Waals surface area contributed by atoms with Gasteiger partial charge >= 0.3 is 0 Å². The summed E-state index contributed by atoms with van der Waals surface area (Å²) >= 11 is 5.81. The first-order valence-corrected chi connectivity index (χ1v) is 7.79. The number of hydrogen-bond donors (Lipinski definition) is 2. The van der Waals surface area contributed by atoms with Crippen LogP contribution in [0.25, 0.3) is 10.9 Å². The molecule has 1 heterocycles. The molecule has 122 valence electrons. The molecule has 0 bridgehead atoms. The van der Waals surface area contributed by atoms with E-state index in [0.29, 0.717) is 16.4 Å². The molecule has 0 fully saturated rings. The quantitative estimate of drug-likeness (QED) is 0.762. The number of amides is 2. The molecule has 0 aliphatic rings. The van der Waals surface area contributed by atoms with Gasteiger partial charge in [-0.3, -0.25) is 9.59 Å². The minimum Gasteiger partial charge on any atom is -0.351 e. The van der Waals surface area contributed by atoms with Gasteiger partial charge in [0.15, 0.2) is 0 Å². The average Bonchev–Trinajstić information content (AvgIpc) is 3.00. The van der Waals surface area contributed by atoms with Gasteiger partial charge in [-0.25, -0.2) is 0 Å². The second kappa shape index (κ2) is 6.76. The number of anilines is 1. The van der Waals surface area contributed by atoms with Crippen LogP contribution >= 0.6 is 11.6 Å². The van der Waals surface area contributed by atoms with Crippen LogP contribution in [-0.2, 0) is 4.79 Å². The number of fused-ring (bicyclic) bond motifs is 1. The van der Waals surface area contributed by atoms with E-state index in [1.165, 1.54) is 4.90 Å². The molecule has 2 N–H and O–H groups in total. The molecule has 2 aromatic carbocycles. The second-order valence-electron chi connectivity index (χ2n) is 5.49. The molecule has 0 saturated carbocycles. The molecule has 24 heavy (non-hydrogen) atoms. The Morgan fingerprint density at radius 1 is 1.12 bits per heavy atom. The van der Waals surface area contributed by atoms with Gasteiger partial charge < -0.3 is 15.2 Å². The molecule has 0 atom stereocenters. The Kier molecular flexibility index (Phi) is 4.53. The Balaban J connectivity index is 1.64. The highest BCUT2D eigenvalue weighted by Gasteiger charge is 2.17. The van der Waals surface area contributed by atoms with Crippen molar-refractivity contribution in [2.75, 3.05) is 18.9 Å². The summed E-state index contributed by atoms with van der Waals surface area (Å²) in [5.74, 6) is -0.512. The van der Waals surface area contributed by atoms with E-state index in [-0.39, 0.29) is 18.4 Å². The molecule has 0 unspecified atom stereocenters. The van der Waals surface area contributed by atoms with E-state index in [4.69, 9.17) is 11.6 Å². The summed E-state index contributed by atoms with van der Waals surface area (Å²) in [7, 11) is 1.59. The number of aromatic amines is 1. The number of benzene rings is 2. The second-order valence-corrected chi connectivity index (χ2v) is 5.92. The van der Waals surface area contributed by atoms with E-state index in [2.05, 4.69) is 10.3 Å². The van der Waals surface area contributed by atoms with Crippen LogP contribution in [0, 0.1) is 0 Å². The number of carbonyl (C=O) groups is 2. The lowest BCUT2D eigenvalue weighted by Crippen LogP contribution is -2.35. The Bertz CT molecular complexity index is 854. The Morgan fingerprint density at radius 3 is 2.54 bits per heavy atom. The summed E-state index contributed by atoms with van der Waals surface area (Å²) in [6.07, 6.45) is 0. The van der Waals surface area contributed by atoms with Crippen LogP contribution in [0.5, 0.6) is 0 Å². The fourth-order valence-electron chi connectivity index (χ4n) is 2.42. The summed E-state index contributed by atoms with van der Waals surface area (Å²) in [6.45, 7) is -0.0448.